The SMILES string of the molecule is COc1ccccc1C(C)Nc1cn[nH]c(=O)c1Cl. The number of aromatic nitrogens is 2. The number of ether oxygens (including phenoxy) is 1. The van der Waals surface area contributed by atoms with Crippen molar-refractivity contribution in [2.75, 3.05) is 12.4 Å². The van der Waals surface area contributed by atoms with Gasteiger partial charge in [-0.25, -0.2) is 5.10 Å². The quantitative estimate of drug-likeness (QED) is 0.903. The Morgan fingerprint density at radius 2 is 2.16 bits per heavy atom. The summed E-state index contributed by atoms with van der Waals surface area (Å²) < 4.78 is 5.30. The summed E-state index contributed by atoms with van der Waals surface area (Å²) in [6.07, 6.45) is 1.48. The third-order valence-electron chi connectivity index (χ3n) is 2.77. The summed E-state index contributed by atoms with van der Waals surface area (Å²) in [5, 5.41) is 9.23. The number of para-hydroxylation sites is 1. The van der Waals surface area contributed by atoms with Crippen LogP contribution in [0.2, 0.25) is 5.02 Å². The van der Waals surface area contributed by atoms with E-state index in [-0.39, 0.29) is 11.1 Å². The van der Waals surface area contributed by atoms with Gasteiger partial charge in [0.2, 0.25) is 0 Å². The molecule has 1 atom stereocenters. The molecule has 1 unspecified atom stereocenters. The van der Waals surface area contributed by atoms with Crippen LogP contribution in [-0.4, -0.2) is 17.3 Å². The lowest BCUT2D eigenvalue weighted by Crippen LogP contribution is -2.14. The molecule has 0 spiro atoms. The summed E-state index contributed by atoms with van der Waals surface area (Å²) in [6.45, 7) is 1.95. The van der Waals surface area contributed by atoms with Gasteiger partial charge in [-0.3, -0.25) is 4.79 Å². The van der Waals surface area contributed by atoms with Gasteiger partial charge in [0.05, 0.1) is 25.0 Å². The van der Waals surface area contributed by atoms with E-state index in [1.165, 1.54) is 6.20 Å². The number of hydrogen-bond donors (Lipinski definition) is 2. The summed E-state index contributed by atoms with van der Waals surface area (Å²) in [7, 11) is 1.62. The normalized spacial score (nSPS) is 11.9. The van der Waals surface area contributed by atoms with E-state index in [4.69, 9.17) is 16.3 Å². The second kappa shape index (κ2) is 5.75. The van der Waals surface area contributed by atoms with Crippen LogP contribution in [0, 0.1) is 0 Å². The minimum absolute atomic E-state index is 0.0720. The van der Waals surface area contributed by atoms with Gasteiger partial charge in [0.1, 0.15) is 10.8 Å². The molecule has 100 valence electrons. The van der Waals surface area contributed by atoms with Crippen LogP contribution in [0.5, 0.6) is 5.75 Å². The van der Waals surface area contributed by atoms with Crippen molar-refractivity contribution in [2.24, 2.45) is 0 Å². The Labute approximate surface area is 115 Å². The average molecular weight is 280 g/mol. The molecular formula is C13H14ClN3O2. The third kappa shape index (κ3) is 2.88. The van der Waals surface area contributed by atoms with Crippen molar-refractivity contribution < 1.29 is 4.74 Å². The summed E-state index contributed by atoms with van der Waals surface area (Å²) >= 11 is 5.92. The van der Waals surface area contributed by atoms with Crippen LogP contribution in [0.15, 0.2) is 35.3 Å². The Bertz CT molecular complexity index is 627. The first kappa shape index (κ1) is 13.4. The van der Waals surface area contributed by atoms with Crippen molar-refractivity contribution in [3.63, 3.8) is 0 Å². The molecule has 0 amide bonds. The van der Waals surface area contributed by atoms with Crippen molar-refractivity contribution in [2.45, 2.75) is 13.0 Å². The Morgan fingerprint density at radius 1 is 1.42 bits per heavy atom. The Balaban J connectivity index is 2.28. The lowest BCUT2D eigenvalue weighted by atomic mass is 10.1. The highest BCUT2D eigenvalue weighted by atomic mass is 35.5. The zero-order chi connectivity index (χ0) is 13.8. The van der Waals surface area contributed by atoms with Crippen LogP contribution < -0.4 is 15.6 Å². The van der Waals surface area contributed by atoms with Crippen LogP contribution in [0.25, 0.3) is 0 Å². The largest absolute Gasteiger partial charge is 0.496 e. The van der Waals surface area contributed by atoms with Crippen molar-refractivity contribution in [3.05, 3.63) is 51.4 Å². The van der Waals surface area contributed by atoms with Crippen LogP contribution in [-0.2, 0) is 0 Å². The van der Waals surface area contributed by atoms with Crippen LogP contribution in [0.3, 0.4) is 0 Å². The molecule has 0 aliphatic carbocycles. The number of aromatic amines is 1. The van der Waals surface area contributed by atoms with Gasteiger partial charge in [0.25, 0.3) is 5.56 Å². The second-order valence-corrected chi connectivity index (χ2v) is 4.41. The number of rotatable bonds is 4. The zero-order valence-corrected chi connectivity index (χ0v) is 11.4. The number of anilines is 1. The molecule has 0 fully saturated rings. The molecule has 0 saturated carbocycles. The molecule has 0 radical (unpaired) electrons. The molecule has 0 bridgehead atoms. The fraction of sp³-hybridized carbons (Fsp3) is 0.231. The molecule has 1 heterocycles. The van der Waals surface area contributed by atoms with Gasteiger partial charge in [-0.15, -0.1) is 0 Å². The van der Waals surface area contributed by atoms with Crippen LogP contribution in [0.1, 0.15) is 18.5 Å². The first-order chi connectivity index (χ1) is 9.13. The highest BCUT2D eigenvalue weighted by Crippen LogP contribution is 2.28. The number of hydrogen-bond acceptors (Lipinski definition) is 4. The van der Waals surface area contributed by atoms with E-state index in [9.17, 15) is 4.79 Å². The van der Waals surface area contributed by atoms with Crippen molar-refractivity contribution in [1.29, 1.82) is 0 Å². The Kier molecular flexibility index (Phi) is 4.06. The van der Waals surface area contributed by atoms with Crippen molar-refractivity contribution in [1.82, 2.24) is 10.2 Å². The van der Waals surface area contributed by atoms with E-state index in [0.717, 1.165) is 11.3 Å². The van der Waals surface area contributed by atoms with Gasteiger partial charge in [-0.05, 0) is 13.0 Å². The predicted octanol–water partition coefficient (Wildman–Crippen LogP) is 2.60. The molecular weight excluding hydrogens is 266 g/mol. The summed E-state index contributed by atoms with van der Waals surface area (Å²) in [6, 6.07) is 7.58. The molecule has 0 saturated heterocycles. The fourth-order valence-corrected chi connectivity index (χ4v) is 1.96. The standard InChI is InChI=1S/C13H14ClN3O2/c1-8(9-5-3-4-6-11(9)19-2)16-10-7-15-17-13(18)12(10)14/h3-8H,1-2H3,(H2,16,17,18). The van der Waals surface area contributed by atoms with Gasteiger partial charge < -0.3 is 10.1 Å². The summed E-state index contributed by atoms with van der Waals surface area (Å²) in [5.74, 6) is 0.774. The number of nitrogens with zero attached hydrogens (tertiary/aromatic N) is 1. The lowest BCUT2D eigenvalue weighted by molar-refractivity contribution is 0.408. The van der Waals surface area contributed by atoms with E-state index in [1.807, 2.05) is 31.2 Å². The highest BCUT2D eigenvalue weighted by molar-refractivity contribution is 6.32. The molecule has 2 N–H and O–H groups in total. The number of H-pyrrole nitrogens is 1. The maximum atomic E-state index is 11.4. The van der Waals surface area contributed by atoms with Gasteiger partial charge >= 0.3 is 0 Å². The number of benzene rings is 1. The van der Waals surface area contributed by atoms with Crippen molar-refractivity contribution >= 4 is 17.3 Å². The van der Waals surface area contributed by atoms with Crippen molar-refractivity contribution in [3.8, 4) is 5.75 Å². The number of halogens is 1. The van der Waals surface area contributed by atoms with E-state index in [1.54, 1.807) is 7.11 Å². The predicted molar refractivity (Wildman–Crippen MR) is 74.9 cm³/mol. The number of nitrogens with one attached hydrogen (secondary N) is 2. The zero-order valence-electron chi connectivity index (χ0n) is 10.6. The van der Waals surface area contributed by atoms with Gasteiger partial charge in [0, 0.05) is 5.56 Å². The fourth-order valence-electron chi connectivity index (χ4n) is 1.82. The second-order valence-electron chi connectivity index (χ2n) is 4.03. The monoisotopic (exact) mass is 279 g/mol. The first-order valence-corrected chi connectivity index (χ1v) is 6.14. The third-order valence-corrected chi connectivity index (χ3v) is 3.15. The smallest absolute Gasteiger partial charge is 0.285 e. The van der Waals surface area contributed by atoms with E-state index >= 15 is 0 Å². The Morgan fingerprint density at radius 3 is 2.89 bits per heavy atom. The molecule has 19 heavy (non-hydrogen) atoms. The van der Waals surface area contributed by atoms with Gasteiger partial charge in [-0.2, -0.15) is 5.10 Å². The Hall–Kier alpha value is -2.01. The van der Waals surface area contributed by atoms with Gasteiger partial charge in [0.15, 0.2) is 0 Å². The maximum absolute atomic E-state index is 11.4. The highest BCUT2D eigenvalue weighted by Gasteiger charge is 2.13. The minimum atomic E-state index is -0.418. The maximum Gasteiger partial charge on any atom is 0.285 e. The molecule has 0 aliphatic rings. The van der Waals surface area contributed by atoms with Gasteiger partial charge in [-0.1, -0.05) is 29.8 Å². The first-order valence-electron chi connectivity index (χ1n) is 5.76. The molecule has 1 aromatic carbocycles. The number of methoxy groups -OCH3 is 1. The molecule has 1 aromatic heterocycles. The van der Waals surface area contributed by atoms with E-state index in [2.05, 4.69) is 15.5 Å². The van der Waals surface area contributed by atoms with E-state index in [0.29, 0.717) is 5.69 Å². The summed E-state index contributed by atoms with van der Waals surface area (Å²) in [4.78, 5) is 11.4. The molecule has 6 heteroatoms. The molecule has 2 aromatic rings. The molecule has 0 aliphatic heterocycles. The minimum Gasteiger partial charge on any atom is -0.496 e. The summed E-state index contributed by atoms with van der Waals surface area (Å²) in [5.41, 5.74) is 1.05. The van der Waals surface area contributed by atoms with Crippen LogP contribution >= 0.6 is 11.6 Å². The topological polar surface area (TPSA) is 67.0 Å². The molecule has 5 nitrogen and oxygen atoms in total. The lowest BCUT2D eigenvalue weighted by Gasteiger charge is -2.18. The van der Waals surface area contributed by atoms with E-state index < -0.39 is 5.56 Å². The van der Waals surface area contributed by atoms with Crippen LogP contribution in [0.4, 0.5) is 5.69 Å². The average Bonchev–Trinajstić information content (AvgIpc) is 2.43. The molecule has 2 rings (SSSR count).